The predicted molar refractivity (Wildman–Crippen MR) is 122 cm³/mol. The van der Waals surface area contributed by atoms with Crippen LogP contribution in [0, 0.1) is 0 Å². The number of rotatable bonds is 15. The zero-order valence-corrected chi connectivity index (χ0v) is 19.2. The minimum atomic E-state index is -0.410. The van der Waals surface area contributed by atoms with Gasteiger partial charge < -0.3 is 15.1 Å². The molecule has 0 aliphatic carbocycles. The van der Waals surface area contributed by atoms with Crippen LogP contribution in [-0.4, -0.2) is 52.7 Å². The minimum absolute atomic E-state index is 0.254. The number of nitrogens with zero attached hydrogens (tertiary/aromatic N) is 2. The zero-order chi connectivity index (χ0) is 21.1. The van der Waals surface area contributed by atoms with Gasteiger partial charge >= 0.3 is 6.03 Å². The number of nitrogens with one attached hydrogen (secondary N) is 2. The van der Waals surface area contributed by atoms with Crippen molar-refractivity contribution in [2.75, 3.05) is 13.6 Å². The summed E-state index contributed by atoms with van der Waals surface area (Å²) >= 11 is 5.40. The molecule has 0 bridgehead atoms. The van der Waals surface area contributed by atoms with Gasteiger partial charge in [0.1, 0.15) is 12.2 Å². The van der Waals surface area contributed by atoms with Gasteiger partial charge in [-0.15, -0.1) is 0 Å². The van der Waals surface area contributed by atoms with E-state index in [1.165, 1.54) is 81.9 Å². The standard InChI is InChI=1S/C22H40N4O2S/c1-3-4-5-6-7-8-9-10-11-12-13-14-15-16-17-26-18-19(23-22(26)29)25(2)21(28)24-20(18)27/h18-19H,3-17H2,1-2H3,(H,23,29)(H,24,27,28). The monoisotopic (exact) mass is 424 g/mol. The molecule has 2 fully saturated rings. The molecule has 2 aliphatic rings. The van der Waals surface area contributed by atoms with Gasteiger partial charge in [-0.2, -0.15) is 0 Å². The molecule has 0 saturated carbocycles. The van der Waals surface area contributed by atoms with Crippen molar-refractivity contribution in [2.45, 2.75) is 109 Å². The van der Waals surface area contributed by atoms with Crippen LogP contribution < -0.4 is 10.6 Å². The highest BCUT2D eigenvalue weighted by atomic mass is 32.1. The molecular weight excluding hydrogens is 384 g/mol. The lowest BCUT2D eigenvalue weighted by Crippen LogP contribution is -2.64. The first-order valence-corrected chi connectivity index (χ1v) is 12.1. The lowest BCUT2D eigenvalue weighted by atomic mass is 10.0. The maximum Gasteiger partial charge on any atom is 0.325 e. The number of thiocarbonyl (C=S) groups is 1. The van der Waals surface area contributed by atoms with Crippen LogP contribution in [0.1, 0.15) is 96.8 Å². The van der Waals surface area contributed by atoms with E-state index in [-0.39, 0.29) is 18.1 Å². The largest absolute Gasteiger partial charge is 0.340 e. The van der Waals surface area contributed by atoms with Crippen molar-refractivity contribution in [1.82, 2.24) is 20.4 Å². The Balaban J connectivity index is 1.48. The van der Waals surface area contributed by atoms with E-state index in [0.717, 1.165) is 19.4 Å². The van der Waals surface area contributed by atoms with E-state index in [9.17, 15) is 9.59 Å². The van der Waals surface area contributed by atoms with E-state index in [0.29, 0.717) is 5.11 Å². The molecule has 2 saturated heterocycles. The number of imide groups is 1. The van der Waals surface area contributed by atoms with Gasteiger partial charge in [0.2, 0.25) is 0 Å². The molecule has 2 rings (SSSR count). The summed E-state index contributed by atoms with van der Waals surface area (Å²) in [5.74, 6) is -0.254. The summed E-state index contributed by atoms with van der Waals surface area (Å²) < 4.78 is 0. The molecule has 166 valence electrons. The number of hydrogen-bond donors (Lipinski definition) is 2. The molecule has 0 aromatic heterocycles. The van der Waals surface area contributed by atoms with Gasteiger partial charge in [0.05, 0.1) is 0 Å². The van der Waals surface area contributed by atoms with E-state index in [1.807, 2.05) is 4.90 Å². The molecule has 0 spiro atoms. The van der Waals surface area contributed by atoms with Crippen LogP contribution in [0.2, 0.25) is 0 Å². The van der Waals surface area contributed by atoms with Crippen LogP contribution in [0.3, 0.4) is 0 Å². The fourth-order valence-corrected chi connectivity index (χ4v) is 4.62. The fraction of sp³-hybridized carbons (Fsp3) is 0.864. The maximum absolute atomic E-state index is 12.2. The van der Waals surface area contributed by atoms with Gasteiger partial charge in [0.15, 0.2) is 5.11 Å². The minimum Gasteiger partial charge on any atom is -0.340 e. The molecule has 2 heterocycles. The van der Waals surface area contributed by atoms with Crippen LogP contribution in [0.5, 0.6) is 0 Å². The number of carbonyl (C=O) groups is 2. The number of hydrogen-bond acceptors (Lipinski definition) is 3. The summed E-state index contributed by atoms with van der Waals surface area (Å²) in [5, 5.41) is 6.10. The third kappa shape index (κ3) is 7.43. The molecule has 2 aliphatic heterocycles. The molecule has 0 aromatic carbocycles. The van der Waals surface area contributed by atoms with Gasteiger partial charge in [0, 0.05) is 13.6 Å². The van der Waals surface area contributed by atoms with Crippen molar-refractivity contribution >= 4 is 29.3 Å². The third-order valence-electron chi connectivity index (χ3n) is 6.16. The number of likely N-dealkylation sites (N-methyl/N-ethyl adjacent to an activating group) is 1. The summed E-state index contributed by atoms with van der Waals surface area (Å²) in [6.07, 6.45) is 18.2. The van der Waals surface area contributed by atoms with Gasteiger partial charge in [-0.25, -0.2) is 4.79 Å². The van der Waals surface area contributed by atoms with Crippen LogP contribution in [0.15, 0.2) is 0 Å². The highest BCUT2D eigenvalue weighted by molar-refractivity contribution is 7.80. The molecular formula is C22H40N4O2S. The average molecular weight is 425 g/mol. The fourth-order valence-electron chi connectivity index (χ4n) is 4.29. The highest BCUT2D eigenvalue weighted by Gasteiger charge is 2.48. The first kappa shape index (κ1) is 23.9. The normalized spacial score (nSPS) is 21.4. The first-order valence-electron chi connectivity index (χ1n) is 11.7. The predicted octanol–water partition coefficient (Wildman–Crippen LogP) is 4.53. The number of unbranched alkanes of at least 4 members (excludes halogenated alkanes) is 13. The van der Waals surface area contributed by atoms with Crippen molar-refractivity contribution in [2.24, 2.45) is 0 Å². The number of urea groups is 1. The Kier molecular flexibility index (Phi) is 10.7. The van der Waals surface area contributed by atoms with Crippen molar-refractivity contribution in [1.29, 1.82) is 0 Å². The highest BCUT2D eigenvalue weighted by Crippen LogP contribution is 2.21. The Bertz CT molecular complexity index is 543. The van der Waals surface area contributed by atoms with Gasteiger partial charge in [0.25, 0.3) is 5.91 Å². The first-order chi connectivity index (χ1) is 14.1. The molecule has 0 aromatic rings. The Morgan fingerprint density at radius 1 is 0.828 bits per heavy atom. The third-order valence-corrected chi connectivity index (χ3v) is 6.51. The van der Waals surface area contributed by atoms with Gasteiger partial charge in [-0.1, -0.05) is 90.4 Å². The Labute approximate surface area is 182 Å². The van der Waals surface area contributed by atoms with Gasteiger partial charge in [-0.05, 0) is 18.6 Å². The van der Waals surface area contributed by atoms with Gasteiger partial charge in [-0.3, -0.25) is 10.1 Å². The summed E-state index contributed by atoms with van der Waals surface area (Å²) in [6, 6.07) is -0.780. The molecule has 2 atom stereocenters. The molecule has 7 heteroatoms. The van der Waals surface area contributed by atoms with Crippen LogP contribution >= 0.6 is 12.2 Å². The van der Waals surface area contributed by atoms with Crippen molar-refractivity contribution in [3.63, 3.8) is 0 Å². The zero-order valence-electron chi connectivity index (χ0n) is 18.4. The summed E-state index contributed by atoms with van der Waals surface area (Å²) in [4.78, 5) is 27.4. The molecule has 2 unspecified atom stereocenters. The smallest absolute Gasteiger partial charge is 0.325 e. The topological polar surface area (TPSA) is 64.7 Å². The summed E-state index contributed by atoms with van der Waals surface area (Å²) in [7, 11) is 1.69. The van der Waals surface area contributed by atoms with E-state index < -0.39 is 6.04 Å². The Morgan fingerprint density at radius 2 is 1.31 bits per heavy atom. The molecule has 0 radical (unpaired) electrons. The summed E-state index contributed by atoms with van der Waals surface area (Å²) in [5.41, 5.74) is 0. The van der Waals surface area contributed by atoms with Crippen LogP contribution in [0.25, 0.3) is 0 Å². The lowest BCUT2D eigenvalue weighted by Gasteiger charge is -2.35. The molecule has 29 heavy (non-hydrogen) atoms. The molecule has 6 nitrogen and oxygen atoms in total. The van der Waals surface area contributed by atoms with E-state index >= 15 is 0 Å². The second kappa shape index (κ2) is 13.0. The van der Waals surface area contributed by atoms with E-state index in [2.05, 4.69) is 17.6 Å². The van der Waals surface area contributed by atoms with Crippen LogP contribution in [-0.2, 0) is 4.79 Å². The number of carbonyl (C=O) groups excluding carboxylic acids is 2. The average Bonchev–Trinajstić information content (AvgIpc) is 3.03. The maximum atomic E-state index is 12.2. The molecule has 2 N–H and O–H groups in total. The van der Waals surface area contributed by atoms with Crippen molar-refractivity contribution in [3.05, 3.63) is 0 Å². The number of fused-ring (bicyclic) bond motifs is 1. The van der Waals surface area contributed by atoms with Crippen molar-refractivity contribution < 1.29 is 9.59 Å². The summed E-state index contributed by atoms with van der Waals surface area (Å²) in [6.45, 7) is 3.03. The van der Waals surface area contributed by atoms with E-state index in [4.69, 9.17) is 12.2 Å². The van der Waals surface area contributed by atoms with E-state index in [1.54, 1.807) is 7.05 Å². The Morgan fingerprint density at radius 3 is 1.83 bits per heavy atom. The second-order valence-corrected chi connectivity index (χ2v) is 8.92. The van der Waals surface area contributed by atoms with Crippen molar-refractivity contribution in [3.8, 4) is 0 Å². The van der Waals surface area contributed by atoms with Crippen LogP contribution in [0.4, 0.5) is 4.79 Å². The number of amides is 3. The molecule has 3 amide bonds. The SMILES string of the molecule is CCCCCCCCCCCCCCCCN1C(=S)NC2C1C(=O)NC(=O)N2C. The quantitative estimate of drug-likeness (QED) is 0.299. The second-order valence-electron chi connectivity index (χ2n) is 8.53. The Hall–Kier alpha value is -1.37. The lowest BCUT2D eigenvalue weighted by molar-refractivity contribution is -0.127.